The third kappa shape index (κ3) is 1.20. The van der Waals surface area contributed by atoms with Crippen LogP contribution < -0.4 is 10.2 Å². The number of nitrogens with one attached hydrogen (secondary N) is 1. The molecule has 0 bridgehead atoms. The van der Waals surface area contributed by atoms with Gasteiger partial charge in [0.1, 0.15) is 0 Å². The molecule has 1 N–H and O–H groups in total. The zero-order valence-corrected chi connectivity index (χ0v) is 8.40. The fourth-order valence-corrected chi connectivity index (χ4v) is 2.37. The minimum Gasteiger partial charge on any atom is -0.368 e. The van der Waals surface area contributed by atoms with E-state index in [1.165, 1.54) is 24.3 Å². The molecule has 0 spiro atoms. The summed E-state index contributed by atoms with van der Waals surface area (Å²) in [4.78, 5) is 6.68. The molecule has 1 aromatic rings. The summed E-state index contributed by atoms with van der Waals surface area (Å²) < 4.78 is 0. The molecule has 3 rings (SSSR count). The Bertz CT molecular complexity index is 338. The number of rotatable bonds is 1. The van der Waals surface area contributed by atoms with Crippen molar-refractivity contribution in [3.8, 4) is 0 Å². The Kier molecular flexibility index (Phi) is 1.74. The molecule has 0 aromatic carbocycles. The fourth-order valence-electron chi connectivity index (χ4n) is 2.37. The molecule has 3 heterocycles. The summed E-state index contributed by atoms with van der Waals surface area (Å²) in [7, 11) is 0. The van der Waals surface area contributed by atoms with Gasteiger partial charge in [-0.15, -0.1) is 0 Å². The number of hydrogen-bond acceptors (Lipinski definition) is 3. The minimum atomic E-state index is 0.732. The number of pyridine rings is 1. The molecule has 0 saturated carbocycles. The molecule has 0 unspecified atom stereocenters. The molecule has 2 atom stereocenters. The van der Waals surface area contributed by atoms with Gasteiger partial charge in [-0.2, -0.15) is 0 Å². The van der Waals surface area contributed by atoms with Crippen LogP contribution in [0.15, 0.2) is 18.5 Å². The van der Waals surface area contributed by atoms with Crippen molar-refractivity contribution in [2.75, 3.05) is 24.5 Å². The number of fused-ring (bicyclic) bond motifs is 1. The predicted molar refractivity (Wildman–Crippen MR) is 56.5 cm³/mol. The number of nitrogens with zero attached hydrogens (tertiary/aromatic N) is 2. The lowest BCUT2D eigenvalue weighted by Gasteiger charge is -2.29. The number of aryl methyl sites for hydroxylation is 1. The highest BCUT2D eigenvalue weighted by molar-refractivity contribution is 5.48. The van der Waals surface area contributed by atoms with Gasteiger partial charge in [0.2, 0.25) is 0 Å². The second-order valence-electron chi connectivity index (χ2n) is 4.40. The summed E-state index contributed by atoms with van der Waals surface area (Å²) >= 11 is 0. The van der Waals surface area contributed by atoms with Crippen molar-refractivity contribution in [2.45, 2.75) is 13.0 Å². The molecule has 14 heavy (non-hydrogen) atoms. The molecular weight excluding hydrogens is 174 g/mol. The van der Waals surface area contributed by atoms with Crippen LogP contribution in [0.2, 0.25) is 0 Å². The van der Waals surface area contributed by atoms with E-state index in [0.717, 1.165) is 18.5 Å². The van der Waals surface area contributed by atoms with Gasteiger partial charge in [0, 0.05) is 37.8 Å². The van der Waals surface area contributed by atoms with Gasteiger partial charge in [0.15, 0.2) is 0 Å². The Hall–Kier alpha value is -1.09. The Morgan fingerprint density at radius 3 is 2.93 bits per heavy atom. The van der Waals surface area contributed by atoms with Crippen LogP contribution in [0, 0.1) is 12.8 Å². The van der Waals surface area contributed by atoms with E-state index in [-0.39, 0.29) is 0 Å². The van der Waals surface area contributed by atoms with Crippen molar-refractivity contribution < 1.29 is 0 Å². The van der Waals surface area contributed by atoms with Gasteiger partial charge < -0.3 is 10.2 Å². The summed E-state index contributed by atoms with van der Waals surface area (Å²) in [6, 6.07) is 2.95. The highest BCUT2D eigenvalue weighted by Crippen LogP contribution is 2.27. The highest BCUT2D eigenvalue weighted by Gasteiger charge is 2.38. The molecule has 0 aliphatic carbocycles. The van der Waals surface area contributed by atoms with E-state index in [2.05, 4.69) is 28.2 Å². The highest BCUT2D eigenvalue weighted by atomic mass is 15.2. The lowest BCUT2D eigenvalue weighted by molar-refractivity contribution is 0.297. The normalized spacial score (nSPS) is 29.9. The van der Waals surface area contributed by atoms with Crippen molar-refractivity contribution in [3.63, 3.8) is 0 Å². The molecule has 2 aliphatic heterocycles. The van der Waals surface area contributed by atoms with E-state index in [1.807, 2.05) is 12.4 Å². The Labute approximate surface area is 84.1 Å². The number of hydrogen-bond donors (Lipinski definition) is 1. The largest absolute Gasteiger partial charge is 0.368 e. The van der Waals surface area contributed by atoms with Crippen molar-refractivity contribution in [1.82, 2.24) is 10.3 Å². The third-order valence-corrected chi connectivity index (χ3v) is 3.31. The predicted octanol–water partition coefficient (Wildman–Crippen LogP) is 0.798. The van der Waals surface area contributed by atoms with Gasteiger partial charge in [-0.1, -0.05) is 0 Å². The molecule has 2 saturated heterocycles. The van der Waals surface area contributed by atoms with Crippen LogP contribution in [0.1, 0.15) is 5.56 Å². The van der Waals surface area contributed by atoms with Crippen LogP contribution in [-0.2, 0) is 0 Å². The average Bonchev–Trinajstić information content (AvgIpc) is 2.43. The summed E-state index contributed by atoms with van der Waals surface area (Å²) in [5, 5.41) is 3.46. The van der Waals surface area contributed by atoms with E-state index in [4.69, 9.17) is 0 Å². The zero-order chi connectivity index (χ0) is 9.54. The fraction of sp³-hybridized carbons (Fsp3) is 0.545. The topological polar surface area (TPSA) is 28.2 Å². The van der Waals surface area contributed by atoms with Crippen LogP contribution in [0.25, 0.3) is 0 Å². The molecule has 2 aliphatic rings. The second-order valence-corrected chi connectivity index (χ2v) is 4.40. The molecule has 2 fully saturated rings. The first-order chi connectivity index (χ1) is 6.83. The van der Waals surface area contributed by atoms with Gasteiger partial charge in [0.25, 0.3) is 0 Å². The van der Waals surface area contributed by atoms with Gasteiger partial charge in [-0.3, -0.25) is 4.98 Å². The van der Waals surface area contributed by atoms with E-state index in [0.29, 0.717) is 0 Å². The summed E-state index contributed by atoms with van der Waals surface area (Å²) in [5.41, 5.74) is 2.52. The van der Waals surface area contributed by atoms with Crippen LogP contribution in [0.5, 0.6) is 0 Å². The Morgan fingerprint density at radius 1 is 1.43 bits per heavy atom. The zero-order valence-electron chi connectivity index (χ0n) is 8.40. The van der Waals surface area contributed by atoms with Crippen LogP contribution in [-0.4, -0.2) is 30.7 Å². The monoisotopic (exact) mass is 189 g/mol. The molecule has 74 valence electrons. The van der Waals surface area contributed by atoms with E-state index in [1.54, 1.807) is 0 Å². The molecule has 3 heteroatoms. The van der Waals surface area contributed by atoms with Gasteiger partial charge in [-0.05, 0) is 18.6 Å². The lowest BCUT2D eigenvalue weighted by Crippen LogP contribution is -2.51. The molecule has 0 amide bonds. The smallest absolute Gasteiger partial charge is 0.0556 e. The van der Waals surface area contributed by atoms with Crippen LogP contribution >= 0.6 is 0 Å². The van der Waals surface area contributed by atoms with Crippen molar-refractivity contribution >= 4 is 5.69 Å². The summed E-state index contributed by atoms with van der Waals surface area (Å²) in [6.45, 7) is 5.64. The van der Waals surface area contributed by atoms with E-state index >= 15 is 0 Å². The quantitative estimate of drug-likeness (QED) is 0.708. The SMILES string of the molecule is Cc1cncc(N2C[C@@H]3CN[C@@H]3C2)c1. The maximum absolute atomic E-state index is 4.24. The van der Waals surface area contributed by atoms with Gasteiger partial charge >= 0.3 is 0 Å². The summed E-state index contributed by atoms with van der Waals surface area (Å²) in [5.74, 6) is 0.871. The molecule has 0 radical (unpaired) electrons. The standard InChI is InChI=1S/C11H15N3/c1-8-2-10(5-12-3-8)14-6-9-4-13-11(9)7-14/h2-3,5,9,11,13H,4,6-7H2,1H3/t9-,11+/m0/s1. The average molecular weight is 189 g/mol. The van der Waals surface area contributed by atoms with Crippen molar-refractivity contribution in [3.05, 3.63) is 24.0 Å². The number of aromatic nitrogens is 1. The van der Waals surface area contributed by atoms with Crippen molar-refractivity contribution in [1.29, 1.82) is 0 Å². The van der Waals surface area contributed by atoms with Gasteiger partial charge in [-0.25, -0.2) is 0 Å². The second kappa shape index (κ2) is 2.95. The first kappa shape index (κ1) is 8.24. The number of anilines is 1. The first-order valence-electron chi connectivity index (χ1n) is 5.23. The van der Waals surface area contributed by atoms with E-state index in [9.17, 15) is 0 Å². The van der Waals surface area contributed by atoms with Crippen LogP contribution in [0.4, 0.5) is 5.69 Å². The van der Waals surface area contributed by atoms with E-state index < -0.39 is 0 Å². The van der Waals surface area contributed by atoms with Crippen LogP contribution in [0.3, 0.4) is 0 Å². The Morgan fingerprint density at radius 2 is 2.36 bits per heavy atom. The summed E-state index contributed by atoms with van der Waals surface area (Å²) in [6.07, 6.45) is 3.88. The molecule has 3 nitrogen and oxygen atoms in total. The Balaban J connectivity index is 1.82. The maximum Gasteiger partial charge on any atom is 0.0556 e. The lowest BCUT2D eigenvalue weighted by atomic mass is 9.96. The maximum atomic E-state index is 4.24. The molecular formula is C11H15N3. The first-order valence-corrected chi connectivity index (χ1v) is 5.23. The van der Waals surface area contributed by atoms with Gasteiger partial charge in [0.05, 0.1) is 11.9 Å². The third-order valence-electron chi connectivity index (χ3n) is 3.31. The minimum absolute atomic E-state index is 0.732. The molecule has 1 aromatic heterocycles. The van der Waals surface area contributed by atoms with Crippen molar-refractivity contribution in [2.24, 2.45) is 5.92 Å².